The van der Waals surface area contributed by atoms with Gasteiger partial charge in [-0.05, 0) is 113 Å². The number of amides is 2. The van der Waals surface area contributed by atoms with Gasteiger partial charge in [0.1, 0.15) is 22.9 Å². The number of H-pyrrole nitrogens is 2. The number of carbonyl (C=O) groups is 2. The number of benzene rings is 4. The van der Waals surface area contributed by atoms with E-state index >= 15 is 0 Å². The van der Waals surface area contributed by atoms with Crippen LogP contribution in [-0.2, 0) is 9.47 Å². The highest BCUT2D eigenvalue weighted by Crippen LogP contribution is 2.39. The maximum Gasteiger partial charge on any atom is 0.410 e. The maximum atomic E-state index is 13.2. The monoisotopic (exact) mass is 718 g/mol. The second-order valence-corrected chi connectivity index (χ2v) is 17.3. The van der Waals surface area contributed by atoms with E-state index < -0.39 is 11.2 Å². The Labute approximate surface area is 307 Å². The summed E-state index contributed by atoms with van der Waals surface area (Å²) in [5, 5.41) is 4.64. The number of rotatable bonds is 4. The molecule has 0 saturated carbocycles. The number of likely N-dealkylation sites (tertiary alicyclic amines) is 2. The van der Waals surface area contributed by atoms with Crippen LogP contribution in [0.2, 0.25) is 0 Å². The molecular formula is C41H46N6O4S. The van der Waals surface area contributed by atoms with Gasteiger partial charge in [0.05, 0.1) is 34.2 Å². The molecule has 2 aliphatic rings. The Kier molecular flexibility index (Phi) is 8.40. The Morgan fingerprint density at radius 3 is 1.77 bits per heavy atom. The predicted octanol–water partition coefficient (Wildman–Crippen LogP) is 9.90. The van der Waals surface area contributed by atoms with Crippen molar-refractivity contribution in [1.82, 2.24) is 29.7 Å². The molecule has 0 unspecified atom stereocenters. The minimum Gasteiger partial charge on any atom is -0.444 e. The molecule has 2 aromatic heterocycles. The number of hydrogen-bond acceptors (Lipinski definition) is 7. The number of nitrogens with one attached hydrogen (secondary N) is 2. The molecular weight excluding hydrogens is 673 g/mol. The third-order valence-electron chi connectivity index (χ3n) is 10.0. The number of ether oxygens (including phenoxy) is 2. The summed E-state index contributed by atoms with van der Waals surface area (Å²) in [6.45, 7) is 12.7. The van der Waals surface area contributed by atoms with Gasteiger partial charge in [0.2, 0.25) is 0 Å². The first-order valence-electron chi connectivity index (χ1n) is 18.1. The molecule has 4 aromatic carbocycles. The van der Waals surface area contributed by atoms with Crippen LogP contribution in [0.3, 0.4) is 0 Å². The molecule has 2 aliphatic heterocycles. The molecule has 0 radical (unpaired) electrons. The molecule has 11 heteroatoms. The maximum absolute atomic E-state index is 13.2. The highest BCUT2D eigenvalue weighted by atomic mass is 32.2. The third kappa shape index (κ3) is 6.44. The first kappa shape index (κ1) is 34.3. The van der Waals surface area contributed by atoms with Gasteiger partial charge in [-0.15, -0.1) is 0 Å². The van der Waals surface area contributed by atoms with E-state index in [0.29, 0.717) is 18.3 Å². The van der Waals surface area contributed by atoms with Crippen LogP contribution in [0.15, 0.2) is 60.7 Å². The van der Waals surface area contributed by atoms with Crippen LogP contribution >= 0.6 is 11.8 Å². The largest absolute Gasteiger partial charge is 0.444 e. The number of thioether (sulfide) groups is 1. The molecule has 0 spiro atoms. The number of aromatic nitrogens is 4. The van der Waals surface area contributed by atoms with Gasteiger partial charge in [-0.25, -0.2) is 19.6 Å². The minimum absolute atomic E-state index is 0.138. The molecule has 6 aromatic rings. The molecule has 4 heterocycles. The van der Waals surface area contributed by atoms with Crippen molar-refractivity contribution in [2.75, 3.05) is 19.3 Å². The zero-order valence-electron chi connectivity index (χ0n) is 30.9. The van der Waals surface area contributed by atoms with Crippen molar-refractivity contribution in [3.63, 3.8) is 0 Å². The minimum atomic E-state index is -0.567. The highest BCUT2D eigenvalue weighted by molar-refractivity contribution is 7.99. The van der Waals surface area contributed by atoms with E-state index in [1.165, 1.54) is 0 Å². The average Bonchev–Trinajstić information content (AvgIpc) is 3.90. The van der Waals surface area contributed by atoms with Gasteiger partial charge in [0, 0.05) is 29.1 Å². The molecule has 3 atom stereocenters. The van der Waals surface area contributed by atoms with Gasteiger partial charge in [-0.3, -0.25) is 9.80 Å². The summed E-state index contributed by atoms with van der Waals surface area (Å²) < 4.78 is 11.5. The van der Waals surface area contributed by atoms with Gasteiger partial charge in [-0.2, -0.15) is 11.8 Å². The van der Waals surface area contributed by atoms with Crippen molar-refractivity contribution >= 4 is 67.6 Å². The summed E-state index contributed by atoms with van der Waals surface area (Å²) in [6.07, 6.45) is 4.07. The van der Waals surface area contributed by atoms with Crippen LogP contribution in [0, 0.1) is 0 Å². The number of hydrogen-bond donors (Lipinski definition) is 2. The summed E-state index contributed by atoms with van der Waals surface area (Å²) in [5.41, 5.74) is 4.82. The predicted molar refractivity (Wildman–Crippen MR) is 209 cm³/mol. The van der Waals surface area contributed by atoms with Gasteiger partial charge in [0.15, 0.2) is 0 Å². The molecule has 0 aliphatic carbocycles. The number of aromatic amines is 2. The highest BCUT2D eigenvalue weighted by Gasteiger charge is 2.40. The van der Waals surface area contributed by atoms with E-state index in [1.54, 1.807) is 16.7 Å². The van der Waals surface area contributed by atoms with E-state index in [2.05, 4.69) is 76.9 Å². The Bertz CT molecular complexity index is 2350. The second kappa shape index (κ2) is 12.7. The lowest BCUT2D eigenvalue weighted by molar-refractivity contribution is 0.0209. The van der Waals surface area contributed by atoms with Gasteiger partial charge in [-0.1, -0.05) is 36.4 Å². The Morgan fingerprint density at radius 2 is 1.25 bits per heavy atom. The third-order valence-corrected chi connectivity index (χ3v) is 11.1. The number of nitrogens with zero attached hydrogens (tertiary/aromatic N) is 4. The lowest BCUT2D eigenvalue weighted by Gasteiger charge is -2.27. The summed E-state index contributed by atoms with van der Waals surface area (Å²) in [6, 6.07) is 21.1. The normalized spacial score (nSPS) is 19.8. The molecule has 0 bridgehead atoms. The number of carbonyl (C=O) groups excluding carboxylic acids is 2. The van der Waals surface area contributed by atoms with E-state index in [4.69, 9.17) is 19.4 Å². The van der Waals surface area contributed by atoms with Crippen LogP contribution < -0.4 is 0 Å². The Hall–Kier alpha value is -4.77. The molecule has 2 N–H and O–H groups in total. The first-order chi connectivity index (χ1) is 24.7. The van der Waals surface area contributed by atoms with Crippen molar-refractivity contribution in [2.24, 2.45) is 0 Å². The quantitative estimate of drug-likeness (QED) is 0.186. The average molecular weight is 719 g/mol. The van der Waals surface area contributed by atoms with E-state index in [0.717, 1.165) is 85.6 Å². The molecule has 2 amide bonds. The fraction of sp³-hybridized carbons (Fsp3) is 0.415. The van der Waals surface area contributed by atoms with Crippen molar-refractivity contribution in [1.29, 1.82) is 0 Å². The summed E-state index contributed by atoms with van der Waals surface area (Å²) >= 11 is 1.78. The summed E-state index contributed by atoms with van der Waals surface area (Å²) in [5.74, 6) is 1.59. The smallest absolute Gasteiger partial charge is 0.410 e. The van der Waals surface area contributed by atoms with Crippen LogP contribution in [0.5, 0.6) is 0 Å². The fourth-order valence-electron chi connectivity index (χ4n) is 7.66. The van der Waals surface area contributed by atoms with Gasteiger partial charge >= 0.3 is 12.2 Å². The fourth-order valence-corrected chi connectivity index (χ4v) is 8.34. The zero-order chi connectivity index (χ0) is 36.5. The number of fused-ring (bicyclic) bond motifs is 6. The van der Waals surface area contributed by atoms with E-state index in [1.807, 2.05) is 46.4 Å². The molecule has 8 rings (SSSR count). The van der Waals surface area contributed by atoms with Crippen molar-refractivity contribution in [3.05, 3.63) is 72.3 Å². The lowest BCUT2D eigenvalue weighted by atomic mass is 9.98. The Morgan fingerprint density at radius 1 is 0.731 bits per heavy atom. The second-order valence-electron chi connectivity index (χ2n) is 16.1. The molecule has 270 valence electrons. The summed E-state index contributed by atoms with van der Waals surface area (Å²) in [7, 11) is 0. The SMILES string of the molecule is CS[C@H]1C[C@@H](c2nc3c(ccc4cc(-c5ccc6c(ccc7[nH]c([C@@H]8CCCN8C(=O)OC(C)(C)C)nc76)c5)ccc43)[nH]2)N(C(=O)OC(C)(C)C)C1. The topological polar surface area (TPSA) is 116 Å². The Balaban J connectivity index is 1.08. The van der Waals surface area contributed by atoms with Crippen LogP contribution in [-0.4, -0.2) is 77.7 Å². The zero-order valence-corrected chi connectivity index (χ0v) is 31.7. The van der Waals surface area contributed by atoms with Gasteiger partial charge in [0.25, 0.3) is 0 Å². The number of imidazole rings is 2. The standard InChI is InChI=1S/C41H46N6O4S/c1-40(2,3)50-38(48)46-18-8-9-32(46)36-42-30-16-12-25-19-23(10-14-28(25)34(30)44-36)24-11-15-29-26(20-24)13-17-31-35(29)45-37(43-31)33-21-27(52-7)22-47(33)39(49)51-41(4,5)6/h10-17,19-20,27,32-33H,8-9,18,21-22H2,1-7H3,(H,42,44)(H,43,45)/t27-,32-,33-/m0/s1. The molecule has 52 heavy (non-hydrogen) atoms. The molecule has 2 fully saturated rings. The van der Waals surface area contributed by atoms with E-state index in [-0.39, 0.29) is 24.3 Å². The van der Waals surface area contributed by atoms with Crippen LogP contribution in [0.25, 0.3) is 54.7 Å². The first-order valence-corrected chi connectivity index (χ1v) is 19.4. The van der Waals surface area contributed by atoms with Crippen molar-refractivity contribution < 1.29 is 19.1 Å². The van der Waals surface area contributed by atoms with Crippen molar-refractivity contribution in [3.8, 4) is 11.1 Å². The van der Waals surface area contributed by atoms with E-state index in [9.17, 15) is 9.59 Å². The molecule has 10 nitrogen and oxygen atoms in total. The summed E-state index contributed by atoms with van der Waals surface area (Å²) in [4.78, 5) is 47.0. The van der Waals surface area contributed by atoms with Gasteiger partial charge < -0.3 is 19.4 Å². The van der Waals surface area contributed by atoms with Crippen LogP contribution in [0.4, 0.5) is 9.59 Å². The van der Waals surface area contributed by atoms with Crippen LogP contribution in [0.1, 0.15) is 84.5 Å². The van der Waals surface area contributed by atoms with Crippen molar-refractivity contribution in [2.45, 2.75) is 89.3 Å². The molecule has 2 saturated heterocycles. The lowest BCUT2D eigenvalue weighted by Crippen LogP contribution is -2.37.